The molecule has 1 fully saturated rings. The molecule has 2 aromatic rings. The van der Waals surface area contributed by atoms with E-state index in [2.05, 4.69) is 10.3 Å². The lowest BCUT2D eigenvalue weighted by Gasteiger charge is -2.38. The highest BCUT2D eigenvalue weighted by molar-refractivity contribution is 5.91. The fraction of sp³-hybridized carbons (Fsp3) is 0.368. The minimum absolute atomic E-state index is 0.156. The van der Waals surface area contributed by atoms with Crippen molar-refractivity contribution in [1.82, 2.24) is 9.88 Å². The zero-order valence-corrected chi connectivity index (χ0v) is 13.9. The van der Waals surface area contributed by atoms with Crippen molar-refractivity contribution in [3.63, 3.8) is 0 Å². The van der Waals surface area contributed by atoms with Crippen LogP contribution in [0.3, 0.4) is 0 Å². The summed E-state index contributed by atoms with van der Waals surface area (Å²) in [5.74, 6) is 0.0802. The van der Waals surface area contributed by atoms with Crippen molar-refractivity contribution in [2.24, 2.45) is 0 Å². The number of carbonyl (C=O) groups is 1. The summed E-state index contributed by atoms with van der Waals surface area (Å²) in [7, 11) is 0. The van der Waals surface area contributed by atoms with Gasteiger partial charge in [0.15, 0.2) is 0 Å². The number of amides is 1. The maximum Gasteiger partial charge on any atom is 0.239 e. The van der Waals surface area contributed by atoms with Gasteiger partial charge in [0.1, 0.15) is 11.6 Å². The summed E-state index contributed by atoms with van der Waals surface area (Å²) in [6, 6.07) is 11.5. The Balaban J connectivity index is 1.64. The molecule has 0 aliphatic carbocycles. The summed E-state index contributed by atoms with van der Waals surface area (Å²) in [5, 5.41) is 13.2. The lowest BCUT2D eigenvalue weighted by Crippen LogP contribution is -2.51. The molecule has 1 saturated heterocycles. The summed E-state index contributed by atoms with van der Waals surface area (Å²) < 4.78 is 13.1. The number of benzene rings is 1. The molecule has 2 heterocycles. The molecule has 1 aliphatic rings. The smallest absolute Gasteiger partial charge is 0.239 e. The minimum atomic E-state index is -0.499. The van der Waals surface area contributed by atoms with E-state index in [1.54, 1.807) is 30.5 Å². The maximum absolute atomic E-state index is 13.1. The molecular formula is C19H22FN3O2. The number of rotatable bonds is 5. The normalized spacial score (nSPS) is 21.0. The zero-order valence-electron chi connectivity index (χ0n) is 13.9. The van der Waals surface area contributed by atoms with E-state index in [4.69, 9.17) is 0 Å². The van der Waals surface area contributed by atoms with Crippen molar-refractivity contribution in [3.8, 4) is 0 Å². The van der Waals surface area contributed by atoms with Crippen LogP contribution in [0.2, 0.25) is 0 Å². The van der Waals surface area contributed by atoms with Crippen LogP contribution in [-0.4, -0.2) is 46.1 Å². The van der Waals surface area contributed by atoms with E-state index in [1.807, 2.05) is 11.0 Å². The van der Waals surface area contributed by atoms with E-state index in [0.29, 0.717) is 18.7 Å². The van der Waals surface area contributed by atoms with E-state index in [0.717, 1.165) is 18.5 Å². The molecule has 0 saturated carbocycles. The van der Waals surface area contributed by atoms with Crippen LogP contribution in [-0.2, 0) is 11.2 Å². The Morgan fingerprint density at radius 3 is 2.80 bits per heavy atom. The molecule has 3 rings (SSSR count). The molecule has 132 valence electrons. The van der Waals surface area contributed by atoms with Crippen molar-refractivity contribution in [2.45, 2.75) is 31.4 Å². The van der Waals surface area contributed by atoms with Gasteiger partial charge in [0.05, 0.1) is 12.6 Å². The molecular weight excluding hydrogens is 321 g/mol. The average Bonchev–Trinajstić information content (AvgIpc) is 2.60. The predicted octanol–water partition coefficient (Wildman–Crippen LogP) is 2.23. The van der Waals surface area contributed by atoms with Crippen LogP contribution in [0.15, 0.2) is 48.7 Å². The summed E-state index contributed by atoms with van der Waals surface area (Å²) in [6.07, 6.45) is 3.26. The number of hydrogen-bond acceptors (Lipinski definition) is 4. The number of nitrogens with one attached hydrogen (secondary N) is 1. The minimum Gasteiger partial charge on any atom is -0.391 e. The molecule has 6 heteroatoms. The van der Waals surface area contributed by atoms with Gasteiger partial charge < -0.3 is 10.4 Å². The van der Waals surface area contributed by atoms with Crippen LogP contribution in [0, 0.1) is 5.82 Å². The molecule has 25 heavy (non-hydrogen) atoms. The van der Waals surface area contributed by atoms with Gasteiger partial charge in [0.2, 0.25) is 5.91 Å². The van der Waals surface area contributed by atoms with Crippen LogP contribution in [0.5, 0.6) is 0 Å². The lowest BCUT2D eigenvalue weighted by molar-refractivity contribution is -0.119. The summed E-state index contributed by atoms with van der Waals surface area (Å²) in [5.41, 5.74) is 0.947. The highest BCUT2D eigenvalue weighted by Gasteiger charge is 2.31. The second-order valence-corrected chi connectivity index (χ2v) is 6.34. The number of carbonyl (C=O) groups excluding carboxylic acids is 1. The topological polar surface area (TPSA) is 65.5 Å². The van der Waals surface area contributed by atoms with Crippen LogP contribution in [0.4, 0.5) is 10.2 Å². The Labute approximate surface area is 146 Å². The molecule has 1 amide bonds. The average molecular weight is 343 g/mol. The molecule has 5 nitrogen and oxygen atoms in total. The summed E-state index contributed by atoms with van der Waals surface area (Å²) >= 11 is 0. The second kappa shape index (κ2) is 8.18. The van der Waals surface area contributed by atoms with Gasteiger partial charge in [0, 0.05) is 12.2 Å². The van der Waals surface area contributed by atoms with Gasteiger partial charge in [-0.25, -0.2) is 9.37 Å². The Morgan fingerprint density at radius 2 is 2.08 bits per heavy atom. The molecule has 0 spiro atoms. The van der Waals surface area contributed by atoms with E-state index >= 15 is 0 Å². The number of aliphatic hydroxyl groups is 1. The predicted molar refractivity (Wildman–Crippen MR) is 93.6 cm³/mol. The number of piperidine rings is 1. The number of anilines is 1. The quantitative estimate of drug-likeness (QED) is 0.874. The van der Waals surface area contributed by atoms with Gasteiger partial charge >= 0.3 is 0 Å². The van der Waals surface area contributed by atoms with Gasteiger partial charge in [-0.05, 0) is 55.6 Å². The highest BCUT2D eigenvalue weighted by atomic mass is 19.1. The third-order valence-corrected chi connectivity index (χ3v) is 4.50. The van der Waals surface area contributed by atoms with Crippen molar-refractivity contribution >= 4 is 11.7 Å². The van der Waals surface area contributed by atoms with Crippen LogP contribution in [0.1, 0.15) is 18.4 Å². The summed E-state index contributed by atoms with van der Waals surface area (Å²) in [6.45, 7) is 0.943. The van der Waals surface area contributed by atoms with E-state index in [1.165, 1.54) is 12.1 Å². The molecule has 2 atom stereocenters. The first-order valence-corrected chi connectivity index (χ1v) is 8.49. The number of aromatic nitrogens is 1. The van der Waals surface area contributed by atoms with Gasteiger partial charge in [-0.2, -0.15) is 0 Å². The number of halogens is 1. The van der Waals surface area contributed by atoms with Gasteiger partial charge in [-0.15, -0.1) is 0 Å². The Kier molecular flexibility index (Phi) is 5.73. The number of hydrogen-bond donors (Lipinski definition) is 2. The first kappa shape index (κ1) is 17.5. The third-order valence-electron chi connectivity index (χ3n) is 4.50. The number of aliphatic hydroxyl groups excluding tert-OH is 1. The zero-order chi connectivity index (χ0) is 17.6. The molecule has 0 bridgehead atoms. The van der Waals surface area contributed by atoms with Crippen LogP contribution < -0.4 is 5.32 Å². The highest BCUT2D eigenvalue weighted by Crippen LogP contribution is 2.21. The van der Waals surface area contributed by atoms with Crippen molar-refractivity contribution in [1.29, 1.82) is 0 Å². The van der Waals surface area contributed by atoms with Crippen molar-refractivity contribution in [3.05, 3.63) is 60.0 Å². The molecule has 0 unspecified atom stereocenters. The Hall–Kier alpha value is -2.31. The first-order chi connectivity index (χ1) is 12.1. The van der Waals surface area contributed by atoms with E-state index in [-0.39, 0.29) is 24.3 Å². The molecule has 1 aromatic carbocycles. The van der Waals surface area contributed by atoms with E-state index < -0.39 is 6.10 Å². The fourth-order valence-corrected chi connectivity index (χ4v) is 3.23. The van der Waals surface area contributed by atoms with Gasteiger partial charge in [0.25, 0.3) is 0 Å². The Morgan fingerprint density at radius 1 is 1.28 bits per heavy atom. The van der Waals surface area contributed by atoms with Crippen LogP contribution >= 0.6 is 0 Å². The monoisotopic (exact) mass is 343 g/mol. The maximum atomic E-state index is 13.1. The summed E-state index contributed by atoms with van der Waals surface area (Å²) in [4.78, 5) is 18.4. The SMILES string of the molecule is O=C(CN1CCC[C@H](O)[C@@H]1Cc1ccc(F)cc1)Nc1ccccn1. The molecule has 0 radical (unpaired) electrons. The first-order valence-electron chi connectivity index (χ1n) is 8.49. The fourth-order valence-electron chi connectivity index (χ4n) is 3.23. The van der Waals surface area contributed by atoms with Crippen molar-refractivity contribution in [2.75, 3.05) is 18.4 Å². The van der Waals surface area contributed by atoms with E-state index in [9.17, 15) is 14.3 Å². The number of pyridine rings is 1. The molecule has 2 N–H and O–H groups in total. The lowest BCUT2D eigenvalue weighted by atomic mass is 9.93. The van der Waals surface area contributed by atoms with Gasteiger partial charge in [-0.3, -0.25) is 9.69 Å². The Bertz CT molecular complexity index is 694. The standard InChI is InChI=1S/C19H22FN3O2/c20-15-8-6-14(7-9-15)12-16-17(24)4-3-11-23(16)13-19(25)22-18-5-1-2-10-21-18/h1-2,5-10,16-17,24H,3-4,11-13H2,(H,21,22,25)/t16-,17-/m0/s1. The number of nitrogens with zero attached hydrogens (tertiary/aromatic N) is 2. The number of likely N-dealkylation sites (tertiary alicyclic amines) is 1. The largest absolute Gasteiger partial charge is 0.391 e. The third kappa shape index (κ3) is 4.84. The molecule has 1 aliphatic heterocycles. The second-order valence-electron chi connectivity index (χ2n) is 6.34. The van der Waals surface area contributed by atoms with Crippen LogP contribution in [0.25, 0.3) is 0 Å². The van der Waals surface area contributed by atoms with Crippen molar-refractivity contribution < 1.29 is 14.3 Å². The molecule has 1 aromatic heterocycles. The van der Waals surface area contributed by atoms with Gasteiger partial charge in [-0.1, -0.05) is 18.2 Å².